The minimum Gasteiger partial charge on any atom is -0.481 e. The van der Waals surface area contributed by atoms with Crippen molar-refractivity contribution in [1.29, 1.82) is 0 Å². The Morgan fingerprint density at radius 1 is 0.952 bits per heavy atom. The fourth-order valence-corrected chi connectivity index (χ4v) is 4.67. The molecule has 0 aliphatic carbocycles. The lowest BCUT2D eigenvalue weighted by molar-refractivity contribution is -0.137. The molecule has 21 heavy (non-hydrogen) atoms. The molecule has 1 N–H and O–H groups in total. The third kappa shape index (κ3) is 5.48. The van der Waals surface area contributed by atoms with Crippen LogP contribution in [0.4, 0.5) is 0 Å². The first-order valence-corrected chi connectivity index (χ1v) is 8.41. The molecule has 0 heterocycles. The summed E-state index contributed by atoms with van der Waals surface area (Å²) in [5.41, 5.74) is 0. The quantitative estimate of drug-likeness (QED) is 0.566. The zero-order valence-corrected chi connectivity index (χ0v) is 13.5. The largest absolute Gasteiger partial charge is 0.481 e. The summed E-state index contributed by atoms with van der Waals surface area (Å²) in [5.74, 6) is -0.747. The van der Waals surface area contributed by atoms with Crippen molar-refractivity contribution in [3.63, 3.8) is 0 Å². The Balaban J connectivity index is 2.15. The lowest BCUT2D eigenvalue weighted by Gasteiger charge is -2.28. The number of thioether (sulfide) groups is 2. The smallest absolute Gasteiger partial charge is 0.303 e. The van der Waals surface area contributed by atoms with Gasteiger partial charge in [0, 0.05) is 16.2 Å². The van der Waals surface area contributed by atoms with E-state index >= 15 is 0 Å². The molecule has 0 saturated heterocycles. The number of rotatable bonds is 7. The molecule has 0 aromatic heterocycles. The van der Waals surface area contributed by atoms with Gasteiger partial charge in [-0.2, -0.15) is 0 Å². The zero-order valence-electron chi connectivity index (χ0n) is 11.9. The molecule has 0 atom stereocenters. The Labute approximate surface area is 134 Å². The Morgan fingerprint density at radius 2 is 1.38 bits per heavy atom. The predicted octanol–water partition coefficient (Wildman–Crippen LogP) is 5.15. The monoisotopic (exact) mass is 318 g/mol. The summed E-state index contributed by atoms with van der Waals surface area (Å²) in [7, 11) is 0. The van der Waals surface area contributed by atoms with Crippen LogP contribution in [0.5, 0.6) is 0 Å². The standard InChI is InChI=1S/C17H18O2S2/c1-17(13-12-16(18)19,20-14-8-4-2-5-9-14)21-15-10-6-3-7-11-15/h2-11H,12-13H2,1H3,(H,18,19). The van der Waals surface area contributed by atoms with Crippen molar-refractivity contribution >= 4 is 29.5 Å². The average Bonchev–Trinajstić information content (AvgIpc) is 2.47. The molecule has 0 unspecified atom stereocenters. The van der Waals surface area contributed by atoms with E-state index in [0.717, 1.165) is 9.79 Å². The second-order valence-corrected chi connectivity index (χ2v) is 8.27. The number of carboxylic acid groups (broad SMARTS) is 1. The summed E-state index contributed by atoms with van der Waals surface area (Å²) in [5, 5.41) is 8.99. The molecule has 0 spiro atoms. The van der Waals surface area contributed by atoms with Crippen LogP contribution in [0.1, 0.15) is 19.8 Å². The first-order chi connectivity index (χ1) is 10.1. The summed E-state index contributed by atoms with van der Waals surface area (Å²) in [6, 6.07) is 20.3. The maximum atomic E-state index is 10.9. The predicted molar refractivity (Wildman–Crippen MR) is 89.9 cm³/mol. The van der Waals surface area contributed by atoms with E-state index in [-0.39, 0.29) is 10.5 Å². The fraction of sp³-hybridized carbons (Fsp3) is 0.235. The van der Waals surface area contributed by atoms with Gasteiger partial charge in [0.2, 0.25) is 0 Å². The first-order valence-electron chi connectivity index (χ1n) is 6.77. The van der Waals surface area contributed by atoms with Gasteiger partial charge in [0.1, 0.15) is 0 Å². The molecule has 0 fully saturated rings. The van der Waals surface area contributed by atoms with Gasteiger partial charge in [-0.1, -0.05) is 36.4 Å². The molecular weight excluding hydrogens is 300 g/mol. The summed E-state index contributed by atoms with van der Waals surface area (Å²) >= 11 is 3.45. The molecule has 2 aromatic rings. The van der Waals surface area contributed by atoms with E-state index in [0.29, 0.717) is 6.42 Å². The topological polar surface area (TPSA) is 37.3 Å². The van der Waals surface area contributed by atoms with Gasteiger partial charge >= 0.3 is 5.97 Å². The van der Waals surface area contributed by atoms with Gasteiger partial charge in [-0.25, -0.2) is 0 Å². The minimum atomic E-state index is -0.747. The van der Waals surface area contributed by atoms with Crippen LogP contribution in [0.3, 0.4) is 0 Å². The summed E-state index contributed by atoms with van der Waals surface area (Å²) < 4.78 is -0.207. The van der Waals surface area contributed by atoms with Gasteiger partial charge in [-0.3, -0.25) is 4.79 Å². The number of aliphatic carboxylic acids is 1. The highest BCUT2D eigenvalue weighted by Gasteiger charge is 2.28. The van der Waals surface area contributed by atoms with Crippen molar-refractivity contribution in [2.45, 2.75) is 33.6 Å². The van der Waals surface area contributed by atoms with Gasteiger partial charge < -0.3 is 5.11 Å². The molecule has 2 nitrogen and oxygen atoms in total. The molecule has 2 aromatic carbocycles. The highest BCUT2D eigenvalue weighted by Crippen LogP contribution is 2.48. The van der Waals surface area contributed by atoms with E-state index in [1.165, 1.54) is 0 Å². The molecule has 0 radical (unpaired) electrons. The van der Waals surface area contributed by atoms with E-state index in [2.05, 4.69) is 31.2 Å². The molecule has 0 aliphatic heterocycles. The molecule has 0 bridgehead atoms. The van der Waals surface area contributed by atoms with Crippen molar-refractivity contribution in [3.8, 4) is 0 Å². The molecule has 110 valence electrons. The Bertz CT molecular complexity index is 528. The maximum Gasteiger partial charge on any atom is 0.303 e. The van der Waals surface area contributed by atoms with Crippen LogP contribution in [0, 0.1) is 0 Å². The third-order valence-electron chi connectivity index (χ3n) is 2.95. The van der Waals surface area contributed by atoms with E-state index in [9.17, 15) is 4.79 Å². The number of hydrogen-bond acceptors (Lipinski definition) is 3. The Hall–Kier alpha value is -1.39. The number of benzene rings is 2. The SMILES string of the molecule is CC(CCC(=O)O)(Sc1ccccc1)Sc1ccccc1. The van der Waals surface area contributed by atoms with Gasteiger partial charge in [0.15, 0.2) is 0 Å². The van der Waals surface area contributed by atoms with Crippen molar-refractivity contribution in [3.05, 3.63) is 60.7 Å². The summed E-state index contributed by atoms with van der Waals surface area (Å²) in [6.07, 6.45) is 0.789. The van der Waals surface area contributed by atoms with Crippen molar-refractivity contribution in [2.75, 3.05) is 0 Å². The normalized spacial score (nSPS) is 11.3. The number of carbonyl (C=O) groups is 1. The average molecular weight is 318 g/mol. The second kappa shape index (κ2) is 7.57. The number of carboxylic acids is 1. The fourth-order valence-electron chi connectivity index (χ4n) is 1.93. The van der Waals surface area contributed by atoms with Gasteiger partial charge in [-0.05, 0) is 37.6 Å². The van der Waals surface area contributed by atoms with E-state index in [1.54, 1.807) is 23.5 Å². The third-order valence-corrected chi connectivity index (χ3v) is 5.73. The van der Waals surface area contributed by atoms with Crippen LogP contribution in [0.25, 0.3) is 0 Å². The first kappa shape index (κ1) is 16.0. The van der Waals surface area contributed by atoms with E-state index in [4.69, 9.17) is 5.11 Å². The second-order valence-electron chi connectivity index (χ2n) is 4.86. The lowest BCUT2D eigenvalue weighted by Crippen LogP contribution is -2.16. The van der Waals surface area contributed by atoms with E-state index in [1.807, 2.05) is 36.4 Å². The zero-order chi connectivity index (χ0) is 15.1. The highest BCUT2D eigenvalue weighted by molar-refractivity contribution is 8.18. The molecule has 2 rings (SSSR count). The van der Waals surface area contributed by atoms with Crippen molar-refractivity contribution < 1.29 is 9.90 Å². The summed E-state index contributed by atoms with van der Waals surface area (Å²) in [6.45, 7) is 2.12. The molecule has 0 amide bonds. The number of hydrogen-bond donors (Lipinski definition) is 1. The maximum absolute atomic E-state index is 10.9. The Kier molecular flexibility index (Phi) is 5.76. The molecule has 0 aliphatic rings. The van der Waals surface area contributed by atoms with Crippen LogP contribution in [-0.2, 0) is 4.79 Å². The van der Waals surface area contributed by atoms with Crippen molar-refractivity contribution in [2.24, 2.45) is 0 Å². The van der Waals surface area contributed by atoms with Gasteiger partial charge in [0.05, 0.1) is 4.08 Å². The molecule has 0 saturated carbocycles. The van der Waals surface area contributed by atoms with Gasteiger partial charge in [0.25, 0.3) is 0 Å². The van der Waals surface area contributed by atoms with Crippen LogP contribution in [0.2, 0.25) is 0 Å². The summed E-state index contributed by atoms with van der Waals surface area (Å²) in [4.78, 5) is 13.3. The van der Waals surface area contributed by atoms with Crippen LogP contribution >= 0.6 is 23.5 Å². The van der Waals surface area contributed by atoms with Gasteiger partial charge in [-0.15, -0.1) is 23.5 Å². The van der Waals surface area contributed by atoms with Crippen LogP contribution < -0.4 is 0 Å². The Morgan fingerprint density at radius 3 is 1.76 bits per heavy atom. The van der Waals surface area contributed by atoms with E-state index < -0.39 is 5.97 Å². The highest BCUT2D eigenvalue weighted by atomic mass is 32.2. The minimum absolute atomic E-state index is 0.177. The lowest BCUT2D eigenvalue weighted by atomic mass is 10.2. The van der Waals surface area contributed by atoms with Crippen LogP contribution in [-0.4, -0.2) is 15.2 Å². The van der Waals surface area contributed by atoms with Crippen molar-refractivity contribution in [1.82, 2.24) is 0 Å². The molecule has 4 heteroatoms. The molecular formula is C17H18O2S2. The van der Waals surface area contributed by atoms with Crippen LogP contribution in [0.15, 0.2) is 70.5 Å².